The van der Waals surface area contributed by atoms with E-state index in [0.717, 1.165) is 22.6 Å². The van der Waals surface area contributed by atoms with Gasteiger partial charge in [-0.15, -0.1) is 0 Å². The molecule has 6 N–H and O–H groups in total. The Morgan fingerprint density at radius 2 is 1.48 bits per heavy atom. The highest BCUT2D eigenvalue weighted by Crippen LogP contribution is 2.39. The maximum absolute atomic E-state index is 13.0. The predicted molar refractivity (Wildman–Crippen MR) is 80.7 cm³/mol. The van der Waals surface area contributed by atoms with E-state index in [1.807, 2.05) is 0 Å². The Bertz CT molecular complexity index is 443. The molecular weight excluding hydrogens is 300 g/mol. The minimum Gasteiger partial charge on any atom is -0.394 e. The van der Waals surface area contributed by atoms with Crippen LogP contribution in [-0.2, 0) is 4.79 Å². The fourth-order valence-corrected chi connectivity index (χ4v) is 5.44. The number of quaternary nitrogens is 2. The molecule has 0 unspecified atom stereocenters. The number of ketones is 1. The Morgan fingerprint density at radius 3 is 1.83 bits per heavy atom. The van der Waals surface area contributed by atoms with Crippen molar-refractivity contribution >= 4 is 5.78 Å². The quantitative estimate of drug-likeness (QED) is 0.295. The first kappa shape index (κ1) is 17.3. The maximum atomic E-state index is 13.0. The van der Waals surface area contributed by atoms with Crippen molar-refractivity contribution in [3.05, 3.63) is 0 Å². The molecule has 132 valence electrons. The maximum Gasteiger partial charge on any atom is 0.242 e. The van der Waals surface area contributed by atoms with Crippen LogP contribution in [0.1, 0.15) is 26.7 Å². The van der Waals surface area contributed by atoms with Gasteiger partial charge in [-0.05, 0) is 12.8 Å². The van der Waals surface area contributed by atoms with E-state index in [1.54, 1.807) is 0 Å². The number of Topliss-reactive ketones (excluding diaryl/α,β-unsaturated/α-hetero) is 1. The second-order valence-corrected chi connectivity index (χ2v) is 7.83. The third-order valence-electron chi connectivity index (χ3n) is 6.73. The van der Waals surface area contributed by atoms with Gasteiger partial charge < -0.3 is 20.4 Å². The van der Waals surface area contributed by atoms with Crippen LogP contribution in [0.2, 0.25) is 0 Å². The lowest BCUT2D eigenvalue weighted by Gasteiger charge is -2.61. The van der Waals surface area contributed by atoms with Gasteiger partial charge in [0.1, 0.15) is 49.2 Å². The van der Waals surface area contributed by atoms with Crippen molar-refractivity contribution < 1.29 is 35.0 Å². The Labute approximate surface area is 136 Å². The molecular formula is C16H30N2O5+2. The number of piperidine rings is 2. The van der Waals surface area contributed by atoms with Crippen molar-refractivity contribution in [2.75, 3.05) is 32.8 Å². The van der Waals surface area contributed by atoms with E-state index in [9.17, 15) is 20.1 Å². The first-order chi connectivity index (χ1) is 10.8. The van der Waals surface area contributed by atoms with E-state index in [-0.39, 0.29) is 17.0 Å². The molecule has 4 saturated heterocycles. The molecule has 4 aliphatic rings. The van der Waals surface area contributed by atoms with E-state index < -0.39 is 24.9 Å². The monoisotopic (exact) mass is 330 g/mol. The molecule has 0 aromatic rings. The highest BCUT2D eigenvalue weighted by atomic mass is 16.4. The lowest BCUT2D eigenvalue weighted by Crippen LogP contribution is -3.46. The van der Waals surface area contributed by atoms with Crippen molar-refractivity contribution in [1.82, 2.24) is 0 Å². The predicted octanol–water partition coefficient (Wildman–Crippen LogP) is -4.44. The molecule has 4 heterocycles. The summed E-state index contributed by atoms with van der Waals surface area (Å²) < 4.78 is 0. The SMILES string of the molecule is CCC12C[NH+]3CC(CC)(C[NH+](C1)C3[C@@H](O)[C@@H](O)[C@H](O)CO)C2=O. The molecule has 23 heavy (non-hydrogen) atoms. The highest BCUT2D eigenvalue weighted by molar-refractivity contribution is 5.92. The minimum absolute atomic E-state index is 0.251. The average molecular weight is 330 g/mol. The molecule has 4 fully saturated rings. The normalized spacial score (nSPS) is 46.0. The van der Waals surface area contributed by atoms with Gasteiger partial charge in [-0.1, -0.05) is 13.8 Å². The fraction of sp³-hybridized carbons (Fsp3) is 0.938. The lowest BCUT2D eigenvalue weighted by atomic mass is 9.58. The summed E-state index contributed by atoms with van der Waals surface area (Å²) >= 11 is 0. The van der Waals surface area contributed by atoms with Gasteiger partial charge in [0, 0.05) is 0 Å². The van der Waals surface area contributed by atoms with Crippen LogP contribution in [0.3, 0.4) is 0 Å². The Kier molecular flexibility index (Phi) is 4.32. The molecule has 0 amide bonds. The number of hydrogen-bond donors (Lipinski definition) is 6. The summed E-state index contributed by atoms with van der Waals surface area (Å²) in [6.45, 7) is 6.31. The zero-order valence-electron chi connectivity index (χ0n) is 14.0. The van der Waals surface area contributed by atoms with Gasteiger partial charge in [0.15, 0.2) is 11.9 Å². The summed E-state index contributed by atoms with van der Waals surface area (Å²) in [7, 11) is 0. The molecule has 7 heteroatoms. The largest absolute Gasteiger partial charge is 0.394 e. The standard InChI is InChI=1S/C16H28N2O5/c1-3-15-6-17-8-16(4-2,14(15)23)9-18(7-15)13(17)12(22)11(21)10(20)5-19/h10-13,19-22H,3-9H2,1-2H3/p+2/t10-,11+,12+,13?,15?,16?/m1/s1. The second kappa shape index (κ2) is 5.75. The van der Waals surface area contributed by atoms with E-state index in [4.69, 9.17) is 5.11 Å². The molecule has 0 aromatic carbocycles. The average Bonchev–Trinajstić information content (AvgIpc) is 2.56. The van der Waals surface area contributed by atoms with Crippen molar-refractivity contribution in [2.45, 2.75) is 51.2 Å². The first-order valence-electron chi connectivity index (χ1n) is 8.73. The Morgan fingerprint density at radius 1 is 1.04 bits per heavy atom. The summed E-state index contributed by atoms with van der Waals surface area (Å²) in [4.78, 5) is 15.3. The summed E-state index contributed by atoms with van der Waals surface area (Å²) in [6, 6.07) is 0. The number of aliphatic hydroxyl groups excluding tert-OH is 4. The number of carbonyl (C=O) groups is 1. The van der Waals surface area contributed by atoms with Crippen LogP contribution in [0.25, 0.3) is 0 Å². The summed E-state index contributed by atoms with van der Waals surface area (Å²) in [5.41, 5.74) is -0.623. The molecule has 0 spiro atoms. The molecule has 0 aromatic heterocycles. The Balaban J connectivity index is 1.88. The van der Waals surface area contributed by atoms with Crippen LogP contribution in [0.15, 0.2) is 0 Å². The summed E-state index contributed by atoms with van der Waals surface area (Å²) in [5, 5.41) is 39.4. The van der Waals surface area contributed by atoms with Crippen LogP contribution >= 0.6 is 0 Å². The smallest absolute Gasteiger partial charge is 0.242 e. The van der Waals surface area contributed by atoms with Gasteiger partial charge in [-0.2, -0.15) is 0 Å². The van der Waals surface area contributed by atoms with Crippen LogP contribution in [0.5, 0.6) is 0 Å². The fourth-order valence-electron chi connectivity index (χ4n) is 5.44. The van der Waals surface area contributed by atoms with E-state index >= 15 is 0 Å². The van der Waals surface area contributed by atoms with Crippen LogP contribution < -0.4 is 9.80 Å². The van der Waals surface area contributed by atoms with Crippen LogP contribution in [0.4, 0.5) is 0 Å². The second-order valence-electron chi connectivity index (χ2n) is 7.83. The number of hydrogen-bond acceptors (Lipinski definition) is 5. The van der Waals surface area contributed by atoms with Crippen molar-refractivity contribution in [3.63, 3.8) is 0 Å². The number of carbonyl (C=O) groups excluding carboxylic acids is 1. The zero-order valence-corrected chi connectivity index (χ0v) is 14.0. The first-order valence-corrected chi connectivity index (χ1v) is 8.73. The van der Waals surface area contributed by atoms with Crippen molar-refractivity contribution in [3.8, 4) is 0 Å². The third-order valence-corrected chi connectivity index (χ3v) is 6.73. The highest BCUT2D eigenvalue weighted by Gasteiger charge is 2.71. The Hall–Kier alpha value is -0.570. The summed E-state index contributed by atoms with van der Waals surface area (Å²) in [6.07, 6.45) is -2.45. The van der Waals surface area contributed by atoms with E-state index in [2.05, 4.69) is 13.8 Å². The molecule has 4 bridgehead atoms. The van der Waals surface area contributed by atoms with Crippen molar-refractivity contribution in [1.29, 1.82) is 0 Å². The third kappa shape index (κ3) is 2.29. The molecule has 4 aliphatic heterocycles. The lowest BCUT2D eigenvalue weighted by molar-refractivity contribution is -1.17. The zero-order chi connectivity index (χ0) is 17.0. The van der Waals surface area contributed by atoms with Gasteiger partial charge in [-0.25, -0.2) is 0 Å². The molecule has 4 rings (SSSR count). The topological polar surface area (TPSA) is 107 Å². The van der Waals surface area contributed by atoms with Crippen LogP contribution in [-0.4, -0.2) is 83.5 Å². The van der Waals surface area contributed by atoms with E-state index in [1.165, 1.54) is 0 Å². The molecule has 3 atom stereocenters. The van der Waals surface area contributed by atoms with Gasteiger partial charge in [0.2, 0.25) is 6.17 Å². The van der Waals surface area contributed by atoms with Gasteiger partial charge in [0.25, 0.3) is 0 Å². The number of rotatable bonds is 6. The molecule has 0 radical (unpaired) electrons. The van der Waals surface area contributed by atoms with Gasteiger partial charge >= 0.3 is 0 Å². The van der Waals surface area contributed by atoms with Crippen molar-refractivity contribution in [2.24, 2.45) is 10.8 Å². The van der Waals surface area contributed by atoms with Gasteiger partial charge in [0.05, 0.1) is 6.61 Å². The van der Waals surface area contributed by atoms with E-state index in [0.29, 0.717) is 32.0 Å². The molecule has 0 saturated carbocycles. The number of aliphatic hydroxyl groups is 4. The van der Waals surface area contributed by atoms with Gasteiger partial charge in [-0.3, -0.25) is 14.6 Å². The minimum atomic E-state index is -1.37. The molecule has 0 aliphatic carbocycles. The van der Waals surface area contributed by atoms with Crippen LogP contribution in [0, 0.1) is 10.8 Å². The summed E-state index contributed by atoms with van der Waals surface area (Å²) in [5.74, 6) is 0.395. The molecule has 7 nitrogen and oxygen atoms in total. The number of nitrogens with one attached hydrogen (secondary N) is 2.